The van der Waals surface area contributed by atoms with E-state index in [4.69, 9.17) is 5.73 Å². The first-order valence-corrected chi connectivity index (χ1v) is 4.25. The number of hydrogen-bond donors (Lipinski definition) is 2. The number of nitrogens with two attached hydrogens (primary N) is 1. The zero-order valence-electron chi connectivity index (χ0n) is 7.19. The zero-order chi connectivity index (χ0) is 7.82. The number of hydrogen-bond acceptors (Lipinski definition) is 2. The van der Waals surface area contributed by atoms with Crippen LogP contribution in [0.1, 0.15) is 26.7 Å². The van der Waals surface area contributed by atoms with Crippen molar-refractivity contribution in [1.29, 1.82) is 0 Å². The lowest BCUT2D eigenvalue weighted by Gasteiger charge is -1.98. The second-order valence-corrected chi connectivity index (χ2v) is 2.80. The SMILES string of the molecule is CCC.NCC1CCNC1. The average Bonchev–Trinajstić information content (AvgIpc) is 2.39. The smallest absolute Gasteiger partial charge is 0.000798 e. The van der Waals surface area contributed by atoms with Crippen molar-refractivity contribution in [1.82, 2.24) is 5.32 Å². The van der Waals surface area contributed by atoms with Gasteiger partial charge in [-0.15, -0.1) is 0 Å². The summed E-state index contributed by atoms with van der Waals surface area (Å²) in [5, 5.41) is 3.24. The van der Waals surface area contributed by atoms with Crippen LogP contribution in [0.15, 0.2) is 0 Å². The summed E-state index contributed by atoms with van der Waals surface area (Å²) in [7, 11) is 0. The Balaban J connectivity index is 0.000000236. The van der Waals surface area contributed by atoms with Gasteiger partial charge in [-0.05, 0) is 32.0 Å². The molecule has 3 N–H and O–H groups in total. The van der Waals surface area contributed by atoms with Crippen LogP contribution in [0, 0.1) is 5.92 Å². The second-order valence-electron chi connectivity index (χ2n) is 2.80. The Morgan fingerprint density at radius 2 is 2.10 bits per heavy atom. The highest BCUT2D eigenvalue weighted by molar-refractivity contribution is 4.70. The van der Waals surface area contributed by atoms with E-state index in [-0.39, 0.29) is 0 Å². The van der Waals surface area contributed by atoms with E-state index in [9.17, 15) is 0 Å². The normalized spacial score (nSPS) is 23.7. The predicted octanol–water partition coefficient (Wildman–Crippen LogP) is 0.971. The summed E-state index contributed by atoms with van der Waals surface area (Å²) < 4.78 is 0. The van der Waals surface area contributed by atoms with Gasteiger partial charge in [0.15, 0.2) is 0 Å². The fourth-order valence-electron chi connectivity index (χ4n) is 0.916. The van der Waals surface area contributed by atoms with Crippen LogP contribution < -0.4 is 11.1 Å². The maximum absolute atomic E-state index is 5.39. The summed E-state index contributed by atoms with van der Waals surface area (Å²) in [5.74, 6) is 0.764. The van der Waals surface area contributed by atoms with Crippen LogP contribution in [0.5, 0.6) is 0 Å². The van der Waals surface area contributed by atoms with E-state index >= 15 is 0 Å². The summed E-state index contributed by atoms with van der Waals surface area (Å²) in [4.78, 5) is 0. The Bertz CT molecular complexity index is 58.3. The molecule has 0 amide bonds. The molecular formula is C8H20N2. The first kappa shape index (κ1) is 9.92. The molecule has 0 saturated carbocycles. The lowest BCUT2D eigenvalue weighted by atomic mass is 10.1. The maximum Gasteiger partial charge on any atom is -0.000798 e. The summed E-state index contributed by atoms with van der Waals surface area (Å²) in [5.41, 5.74) is 5.39. The average molecular weight is 144 g/mol. The summed E-state index contributed by atoms with van der Waals surface area (Å²) in [6, 6.07) is 0. The van der Waals surface area contributed by atoms with E-state index in [1.165, 1.54) is 19.4 Å². The molecule has 1 unspecified atom stereocenters. The van der Waals surface area contributed by atoms with Crippen molar-refractivity contribution < 1.29 is 0 Å². The van der Waals surface area contributed by atoms with Crippen molar-refractivity contribution in [2.45, 2.75) is 26.7 Å². The Morgan fingerprint density at radius 1 is 1.50 bits per heavy atom. The van der Waals surface area contributed by atoms with Crippen LogP contribution in [0.4, 0.5) is 0 Å². The Kier molecular flexibility index (Phi) is 6.98. The molecule has 0 radical (unpaired) electrons. The van der Waals surface area contributed by atoms with E-state index in [0.29, 0.717) is 0 Å². The van der Waals surface area contributed by atoms with Crippen molar-refractivity contribution in [3.63, 3.8) is 0 Å². The Hall–Kier alpha value is -0.0800. The minimum atomic E-state index is 0.764. The van der Waals surface area contributed by atoms with Crippen LogP contribution in [0.25, 0.3) is 0 Å². The van der Waals surface area contributed by atoms with E-state index in [0.717, 1.165) is 19.0 Å². The van der Waals surface area contributed by atoms with Crippen molar-refractivity contribution >= 4 is 0 Å². The van der Waals surface area contributed by atoms with Gasteiger partial charge in [0, 0.05) is 0 Å². The van der Waals surface area contributed by atoms with Gasteiger partial charge in [0.2, 0.25) is 0 Å². The molecule has 1 atom stereocenters. The lowest BCUT2D eigenvalue weighted by Crippen LogP contribution is -2.16. The maximum atomic E-state index is 5.39. The lowest BCUT2D eigenvalue weighted by molar-refractivity contribution is 0.596. The highest BCUT2D eigenvalue weighted by Crippen LogP contribution is 2.02. The molecule has 2 nitrogen and oxygen atoms in total. The second kappa shape index (κ2) is 7.03. The molecule has 1 aliphatic heterocycles. The van der Waals surface area contributed by atoms with E-state index in [2.05, 4.69) is 19.2 Å². The molecule has 0 aromatic rings. The van der Waals surface area contributed by atoms with Crippen LogP contribution in [-0.4, -0.2) is 19.6 Å². The fourth-order valence-corrected chi connectivity index (χ4v) is 0.916. The van der Waals surface area contributed by atoms with Crippen LogP contribution >= 0.6 is 0 Å². The van der Waals surface area contributed by atoms with Gasteiger partial charge in [-0.3, -0.25) is 0 Å². The quantitative estimate of drug-likeness (QED) is 0.575. The molecule has 0 spiro atoms. The third-order valence-corrected chi connectivity index (χ3v) is 1.50. The van der Waals surface area contributed by atoms with Crippen molar-refractivity contribution in [3.05, 3.63) is 0 Å². The monoisotopic (exact) mass is 144 g/mol. The largest absolute Gasteiger partial charge is 0.330 e. The van der Waals surface area contributed by atoms with Gasteiger partial charge in [0.1, 0.15) is 0 Å². The van der Waals surface area contributed by atoms with E-state index in [1.807, 2.05) is 0 Å². The summed E-state index contributed by atoms with van der Waals surface area (Å²) in [6.07, 6.45) is 2.52. The molecule has 0 bridgehead atoms. The van der Waals surface area contributed by atoms with Gasteiger partial charge in [-0.2, -0.15) is 0 Å². The highest BCUT2D eigenvalue weighted by Gasteiger charge is 2.10. The Labute approximate surface area is 64.2 Å². The topological polar surface area (TPSA) is 38.0 Å². The molecule has 0 aliphatic carbocycles. The first-order valence-electron chi connectivity index (χ1n) is 4.25. The molecule has 0 aromatic heterocycles. The predicted molar refractivity (Wildman–Crippen MR) is 46.0 cm³/mol. The fraction of sp³-hybridized carbons (Fsp3) is 1.00. The van der Waals surface area contributed by atoms with Gasteiger partial charge in [-0.1, -0.05) is 20.3 Å². The van der Waals surface area contributed by atoms with Crippen molar-refractivity contribution in [3.8, 4) is 0 Å². The standard InChI is InChI=1S/C5H12N2.C3H8/c6-3-5-1-2-7-4-5;1-3-2/h5,7H,1-4,6H2;3H2,1-2H3. The first-order chi connectivity index (χ1) is 4.85. The molecule has 2 heteroatoms. The van der Waals surface area contributed by atoms with Gasteiger partial charge in [0.05, 0.1) is 0 Å². The summed E-state index contributed by atoms with van der Waals surface area (Å²) in [6.45, 7) is 7.41. The number of rotatable bonds is 1. The molecular weight excluding hydrogens is 124 g/mol. The van der Waals surface area contributed by atoms with Crippen LogP contribution in [0.3, 0.4) is 0 Å². The third-order valence-electron chi connectivity index (χ3n) is 1.50. The Morgan fingerprint density at radius 3 is 2.30 bits per heavy atom. The molecule has 62 valence electrons. The minimum absolute atomic E-state index is 0.764. The van der Waals surface area contributed by atoms with Gasteiger partial charge in [-0.25, -0.2) is 0 Å². The minimum Gasteiger partial charge on any atom is -0.330 e. The van der Waals surface area contributed by atoms with Crippen molar-refractivity contribution in [2.24, 2.45) is 11.7 Å². The zero-order valence-corrected chi connectivity index (χ0v) is 7.19. The molecule has 1 rings (SSSR count). The van der Waals surface area contributed by atoms with Crippen LogP contribution in [-0.2, 0) is 0 Å². The van der Waals surface area contributed by atoms with Crippen molar-refractivity contribution in [2.75, 3.05) is 19.6 Å². The van der Waals surface area contributed by atoms with Gasteiger partial charge < -0.3 is 11.1 Å². The number of nitrogens with one attached hydrogen (secondary N) is 1. The molecule has 1 saturated heterocycles. The third kappa shape index (κ3) is 4.77. The molecule has 1 fully saturated rings. The highest BCUT2D eigenvalue weighted by atomic mass is 14.9. The van der Waals surface area contributed by atoms with E-state index < -0.39 is 0 Å². The summed E-state index contributed by atoms with van der Waals surface area (Å²) >= 11 is 0. The van der Waals surface area contributed by atoms with Gasteiger partial charge >= 0.3 is 0 Å². The van der Waals surface area contributed by atoms with Gasteiger partial charge in [0.25, 0.3) is 0 Å². The molecule has 1 heterocycles. The molecule has 10 heavy (non-hydrogen) atoms. The molecule has 0 aromatic carbocycles. The molecule has 1 aliphatic rings. The van der Waals surface area contributed by atoms with Crippen LogP contribution in [0.2, 0.25) is 0 Å². The van der Waals surface area contributed by atoms with E-state index in [1.54, 1.807) is 0 Å².